The van der Waals surface area contributed by atoms with E-state index in [4.69, 9.17) is 0 Å². The van der Waals surface area contributed by atoms with Crippen molar-refractivity contribution in [3.63, 3.8) is 0 Å². The summed E-state index contributed by atoms with van der Waals surface area (Å²) in [5.41, 5.74) is 1.47. The Kier molecular flexibility index (Phi) is 5.32. The van der Waals surface area contributed by atoms with Gasteiger partial charge < -0.3 is 0 Å². The predicted molar refractivity (Wildman–Crippen MR) is 49.8 cm³/mol. The van der Waals surface area contributed by atoms with Crippen molar-refractivity contribution in [3.05, 3.63) is 21.9 Å². The van der Waals surface area contributed by atoms with Crippen LogP contribution in [-0.2, 0) is 6.42 Å². The first-order chi connectivity index (χ1) is 4.83. The van der Waals surface area contributed by atoms with Gasteiger partial charge in [0.2, 0.25) is 0 Å². The van der Waals surface area contributed by atoms with E-state index in [0.29, 0.717) is 0 Å². The molecule has 0 N–H and O–H groups in total. The first-order valence-electron chi connectivity index (χ1n) is 3.87. The van der Waals surface area contributed by atoms with Crippen LogP contribution in [0.1, 0.15) is 31.2 Å². The minimum absolute atomic E-state index is 1.17. The molecule has 0 aliphatic heterocycles. The molecule has 0 fully saturated rings. The number of hydrogen-bond donors (Lipinski definition) is 0. The smallest absolute Gasteiger partial charge is 0.00170 e. The van der Waals surface area contributed by atoms with Crippen molar-refractivity contribution in [1.82, 2.24) is 0 Å². The van der Waals surface area contributed by atoms with Crippen molar-refractivity contribution >= 4 is 11.3 Å². The molecule has 0 nitrogen and oxygen atoms in total. The molecule has 0 saturated carbocycles. The van der Waals surface area contributed by atoms with Crippen molar-refractivity contribution < 1.29 is 0 Å². The van der Waals surface area contributed by atoms with Gasteiger partial charge in [0.1, 0.15) is 0 Å². The fourth-order valence-corrected chi connectivity index (χ4v) is 1.47. The molecule has 0 aliphatic rings. The minimum Gasteiger partial charge on any atom is -0.149 e. The van der Waals surface area contributed by atoms with E-state index in [-0.39, 0.29) is 0 Å². The fraction of sp³-hybridized carbons (Fsp3) is 0.556. The van der Waals surface area contributed by atoms with E-state index in [9.17, 15) is 0 Å². The summed E-state index contributed by atoms with van der Waals surface area (Å²) in [6, 6.07) is 2.24. The molecular formula is C9H16S. The number of hydrogen-bond acceptors (Lipinski definition) is 1. The van der Waals surface area contributed by atoms with Crippen molar-refractivity contribution in [2.45, 2.75) is 34.1 Å². The third kappa shape index (κ3) is 3.02. The lowest BCUT2D eigenvalue weighted by atomic mass is 10.2. The van der Waals surface area contributed by atoms with E-state index in [1.807, 2.05) is 25.2 Å². The lowest BCUT2D eigenvalue weighted by Crippen LogP contribution is -1.67. The molecule has 58 valence electrons. The molecule has 1 aromatic rings. The Balaban J connectivity index is 0.000000371. The van der Waals surface area contributed by atoms with Crippen LogP contribution in [0.25, 0.3) is 0 Å². The maximum Gasteiger partial charge on any atom is 0.00170 e. The van der Waals surface area contributed by atoms with Crippen LogP contribution >= 0.6 is 11.3 Å². The molecule has 0 atom stereocenters. The van der Waals surface area contributed by atoms with Gasteiger partial charge in [0.15, 0.2) is 0 Å². The number of thiophene rings is 1. The Morgan fingerprint density at radius 2 is 2.00 bits per heavy atom. The molecule has 0 saturated heterocycles. The van der Waals surface area contributed by atoms with Gasteiger partial charge >= 0.3 is 0 Å². The van der Waals surface area contributed by atoms with Crippen LogP contribution in [0.15, 0.2) is 11.4 Å². The van der Waals surface area contributed by atoms with E-state index in [1.54, 1.807) is 0 Å². The van der Waals surface area contributed by atoms with Crippen molar-refractivity contribution in [1.29, 1.82) is 0 Å². The molecule has 1 rings (SSSR count). The van der Waals surface area contributed by atoms with Gasteiger partial charge in [0.05, 0.1) is 0 Å². The molecule has 1 heterocycles. The zero-order valence-electron chi connectivity index (χ0n) is 7.27. The molecule has 0 spiro atoms. The largest absolute Gasteiger partial charge is 0.149 e. The van der Waals surface area contributed by atoms with E-state index in [2.05, 4.69) is 25.3 Å². The summed E-state index contributed by atoms with van der Waals surface area (Å²) in [6.07, 6.45) is 1.17. The molecule has 0 unspecified atom stereocenters. The summed E-state index contributed by atoms with van der Waals surface area (Å²) in [5.74, 6) is 0. The first kappa shape index (κ1) is 9.70. The van der Waals surface area contributed by atoms with Crippen LogP contribution in [-0.4, -0.2) is 0 Å². The summed E-state index contributed by atoms with van der Waals surface area (Å²) in [5, 5.41) is 2.22. The van der Waals surface area contributed by atoms with Crippen LogP contribution < -0.4 is 0 Å². The quantitative estimate of drug-likeness (QED) is 0.582. The Bertz CT molecular complexity index is 165. The summed E-state index contributed by atoms with van der Waals surface area (Å²) in [4.78, 5) is 1.42. The van der Waals surface area contributed by atoms with Crippen LogP contribution in [0.4, 0.5) is 0 Å². The van der Waals surface area contributed by atoms with E-state index in [0.717, 1.165) is 0 Å². The van der Waals surface area contributed by atoms with E-state index in [1.165, 1.54) is 16.9 Å². The average molecular weight is 156 g/mol. The second-order valence-corrected chi connectivity index (χ2v) is 3.03. The van der Waals surface area contributed by atoms with Gasteiger partial charge in [-0.15, -0.1) is 11.3 Å². The average Bonchev–Trinajstić information content (AvgIpc) is 2.40. The fourth-order valence-electron chi connectivity index (χ4n) is 0.683. The zero-order chi connectivity index (χ0) is 7.98. The maximum atomic E-state index is 2.24. The normalized spacial score (nSPS) is 8.40. The van der Waals surface area contributed by atoms with Gasteiger partial charge in [-0.05, 0) is 30.4 Å². The molecule has 0 amide bonds. The van der Waals surface area contributed by atoms with E-state index < -0.39 is 0 Å². The maximum absolute atomic E-state index is 2.24. The minimum atomic E-state index is 1.17. The van der Waals surface area contributed by atoms with Crippen LogP contribution in [0.2, 0.25) is 0 Å². The standard InChI is InChI=1S/C7H10S.C2H6/c1-3-7-4-6(2)8-5-7;1-2/h4-5H,3H2,1-2H3;1-2H3. The first-order valence-corrected chi connectivity index (χ1v) is 4.75. The van der Waals surface area contributed by atoms with Gasteiger partial charge in [-0.2, -0.15) is 0 Å². The van der Waals surface area contributed by atoms with Gasteiger partial charge in [-0.1, -0.05) is 20.8 Å². The zero-order valence-corrected chi connectivity index (χ0v) is 8.09. The van der Waals surface area contributed by atoms with E-state index >= 15 is 0 Å². The van der Waals surface area contributed by atoms with Crippen LogP contribution in [0.5, 0.6) is 0 Å². The Hall–Kier alpha value is -0.300. The molecule has 1 heteroatoms. The highest BCUT2D eigenvalue weighted by molar-refractivity contribution is 7.10. The Labute approximate surface area is 67.9 Å². The Morgan fingerprint density at radius 1 is 1.40 bits per heavy atom. The monoisotopic (exact) mass is 156 g/mol. The van der Waals surface area contributed by atoms with Gasteiger partial charge in [0.25, 0.3) is 0 Å². The third-order valence-electron chi connectivity index (χ3n) is 1.19. The molecule has 0 aliphatic carbocycles. The summed E-state index contributed by atoms with van der Waals surface area (Å²) in [6.45, 7) is 8.32. The number of rotatable bonds is 1. The summed E-state index contributed by atoms with van der Waals surface area (Å²) < 4.78 is 0. The number of aryl methyl sites for hydroxylation is 2. The molecule has 0 bridgehead atoms. The van der Waals surface area contributed by atoms with Gasteiger partial charge in [-0.25, -0.2) is 0 Å². The van der Waals surface area contributed by atoms with Gasteiger partial charge in [-0.3, -0.25) is 0 Å². The van der Waals surface area contributed by atoms with Crippen LogP contribution in [0, 0.1) is 6.92 Å². The van der Waals surface area contributed by atoms with Crippen LogP contribution in [0.3, 0.4) is 0 Å². The molecule has 1 aromatic heterocycles. The summed E-state index contributed by atoms with van der Waals surface area (Å²) >= 11 is 1.83. The second kappa shape index (κ2) is 5.48. The predicted octanol–water partition coefficient (Wildman–Crippen LogP) is 3.65. The van der Waals surface area contributed by atoms with Crippen molar-refractivity contribution in [2.24, 2.45) is 0 Å². The van der Waals surface area contributed by atoms with Crippen molar-refractivity contribution in [3.8, 4) is 0 Å². The molecular weight excluding hydrogens is 140 g/mol. The molecule has 10 heavy (non-hydrogen) atoms. The van der Waals surface area contributed by atoms with Crippen molar-refractivity contribution in [2.75, 3.05) is 0 Å². The Morgan fingerprint density at radius 3 is 2.20 bits per heavy atom. The highest BCUT2D eigenvalue weighted by Crippen LogP contribution is 2.12. The lowest BCUT2D eigenvalue weighted by Gasteiger charge is -1.80. The third-order valence-corrected chi connectivity index (χ3v) is 2.10. The lowest BCUT2D eigenvalue weighted by molar-refractivity contribution is 1.15. The molecule has 0 aromatic carbocycles. The highest BCUT2D eigenvalue weighted by atomic mass is 32.1. The molecule has 0 radical (unpaired) electrons. The second-order valence-electron chi connectivity index (χ2n) is 1.92. The summed E-state index contributed by atoms with van der Waals surface area (Å²) in [7, 11) is 0. The SMILES string of the molecule is CC.CCc1csc(C)c1. The van der Waals surface area contributed by atoms with Gasteiger partial charge in [0, 0.05) is 4.88 Å². The topological polar surface area (TPSA) is 0 Å². The highest BCUT2D eigenvalue weighted by Gasteiger charge is 1.89.